The van der Waals surface area contributed by atoms with Gasteiger partial charge in [0, 0.05) is 31.4 Å². The van der Waals surface area contributed by atoms with Crippen molar-refractivity contribution in [3.05, 3.63) is 53.1 Å². The third kappa shape index (κ3) is 6.51. The van der Waals surface area contributed by atoms with Crippen LogP contribution >= 0.6 is 11.6 Å². The fourth-order valence-corrected chi connectivity index (χ4v) is 4.95. The SMILES string of the molecule is CC(=O)Nc1cccc(C(=O)OCC(=O)Nc2ccc(Cl)c(S(=O)(=O)N3CCOCC3)c2)c1. The van der Waals surface area contributed by atoms with Crippen LogP contribution in [0.3, 0.4) is 0 Å². The number of carbonyl (C=O) groups is 3. The smallest absolute Gasteiger partial charge is 0.338 e. The molecular formula is C21H22ClN3O7S. The van der Waals surface area contributed by atoms with E-state index in [-0.39, 0.29) is 53.4 Å². The Balaban J connectivity index is 1.63. The molecular weight excluding hydrogens is 474 g/mol. The van der Waals surface area contributed by atoms with Gasteiger partial charge in [-0.05, 0) is 36.4 Å². The van der Waals surface area contributed by atoms with Crippen LogP contribution < -0.4 is 10.6 Å². The van der Waals surface area contributed by atoms with E-state index in [1.165, 1.54) is 41.6 Å². The third-order valence-corrected chi connectivity index (χ3v) is 6.94. The van der Waals surface area contributed by atoms with Gasteiger partial charge in [0.1, 0.15) is 4.90 Å². The van der Waals surface area contributed by atoms with Crippen LogP contribution in [0.25, 0.3) is 0 Å². The lowest BCUT2D eigenvalue weighted by Crippen LogP contribution is -2.40. The Bertz CT molecular complexity index is 1160. The third-order valence-electron chi connectivity index (χ3n) is 4.56. The minimum Gasteiger partial charge on any atom is -0.452 e. The van der Waals surface area contributed by atoms with Gasteiger partial charge in [-0.3, -0.25) is 9.59 Å². The van der Waals surface area contributed by atoms with Crippen LogP contribution in [-0.4, -0.2) is 63.4 Å². The highest BCUT2D eigenvalue weighted by Gasteiger charge is 2.28. The Labute approximate surface area is 195 Å². The zero-order chi connectivity index (χ0) is 24.0. The predicted molar refractivity (Wildman–Crippen MR) is 121 cm³/mol. The van der Waals surface area contributed by atoms with Gasteiger partial charge in [0.05, 0.1) is 23.8 Å². The van der Waals surface area contributed by atoms with Gasteiger partial charge in [-0.25, -0.2) is 13.2 Å². The highest BCUT2D eigenvalue weighted by atomic mass is 35.5. The topological polar surface area (TPSA) is 131 Å². The first-order valence-corrected chi connectivity index (χ1v) is 11.7. The molecule has 3 rings (SSSR count). The molecule has 0 spiro atoms. The molecule has 2 N–H and O–H groups in total. The van der Waals surface area contributed by atoms with E-state index in [1.807, 2.05) is 0 Å². The molecule has 2 aromatic rings. The predicted octanol–water partition coefficient (Wildman–Crippen LogP) is 2.11. The van der Waals surface area contributed by atoms with Crippen molar-refractivity contribution in [3.8, 4) is 0 Å². The summed E-state index contributed by atoms with van der Waals surface area (Å²) >= 11 is 6.11. The van der Waals surface area contributed by atoms with E-state index in [0.29, 0.717) is 5.69 Å². The lowest BCUT2D eigenvalue weighted by molar-refractivity contribution is -0.119. The number of hydrogen-bond donors (Lipinski definition) is 2. The molecule has 0 aliphatic carbocycles. The van der Waals surface area contributed by atoms with Crippen molar-refractivity contribution in [2.45, 2.75) is 11.8 Å². The number of amides is 2. The largest absolute Gasteiger partial charge is 0.452 e. The summed E-state index contributed by atoms with van der Waals surface area (Å²) in [7, 11) is -3.87. The van der Waals surface area contributed by atoms with Gasteiger partial charge in [-0.1, -0.05) is 17.7 Å². The lowest BCUT2D eigenvalue weighted by atomic mass is 10.2. The van der Waals surface area contributed by atoms with Crippen LogP contribution in [0.2, 0.25) is 5.02 Å². The summed E-state index contributed by atoms with van der Waals surface area (Å²) < 4.78 is 37.2. The molecule has 0 aromatic heterocycles. The van der Waals surface area contributed by atoms with Crippen LogP contribution in [0.4, 0.5) is 11.4 Å². The second-order valence-corrected chi connectivity index (χ2v) is 9.36. The van der Waals surface area contributed by atoms with Crippen molar-refractivity contribution in [1.29, 1.82) is 0 Å². The first kappa shape index (κ1) is 24.6. The van der Waals surface area contributed by atoms with E-state index in [2.05, 4.69) is 10.6 Å². The number of anilines is 2. The molecule has 1 heterocycles. The molecule has 0 bridgehead atoms. The van der Waals surface area contributed by atoms with Crippen molar-refractivity contribution in [2.24, 2.45) is 0 Å². The molecule has 2 amide bonds. The van der Waals surface area contributed by atoms with E-state index in [0.717, 1.165) is 0 Å². The minimum absolute atomic E-state index is 0.0185. The maximum Gasteiger partial charge on any atom is 0.338 e. The number of nitrogens with one attached hydrogen (secondary N) is 2. The highest BCUT2D eigenvalue weighted by molar-refractivity contribution is 7.89. The quantitative estimate of drug-likeness (QED) is 0.562. The van der Waals surface area contributed by atoms with Crippen LogP contribution in [0.1, 0.15) is 17.3 Å². The van der Waals surface area contributed by atoms with Crippen LogP contribution in [0.15, 0.2) is 47.4 Å². The first-order valence-electron chi connectivity index (χ1n) is 9.89. The standard InChI is InChI=1S/C21H22ClN3O7S/c1-14(26)23-16-4-2-3-15(11-16)21(28)32-13-20(27)24-17-5-6-18(22)19(12-17)33(29,30)25-7-9-31-10-8-25/h2-6,11-12H,7-10,13H2,1H3,(H,23,26)(H,24,27). The molecule has 33 heavy (non-hydrogen) atoms. The van der Waals surface area contributed by atoms with Crippen LogP contribution in [0.5, 0.6) is 0 Å². The van der Waals surface area contributed by atoms with Crippen LogP contribution in [0, 0.1) is 0 Å². The number of carbonyl (C=O) groups excluding carboxylic acids is 3. The van der Waals surface area contributed by atoms with E-state index >= 15 is 0 Å². The highest BCUT2D eigenvalue weighted by Crippen LogP contribution is 2.28. The molecule has 176 valence electrons. The average molecular weight is 496 g/mol. The van der Waals surface area contributed by atoms with Crippen molar-refractivity contribution in [3.63, 3.8) is 0 Å². The molecule has 0 unspecified atom stereocenters. The number of benzene rings is 2. The molecule has 1 saturated heterocycles. The number of rotatable bonds is 7. The summed E-state index contributed by atoms with van der Waals surface area (Å²) in [6.45, 7) is 1.71. The molecule has 10 nitrogen and oxygen atoms in total. The van der Waals surface area contributed by atoms with Gasteiger partial charge >= 0.3 is 5.97 Å². The molecule has 0 atom stereocenters. The monoisotopic (exact) mass is 495 g/mol. The number of esters is 1. The molecule has 1 fully saturated rings. The molecule has 2 aromatic carbocycles. The summed E-state index contributed by atoms with van der Waals surface area (Å²) in [4.78, 5) is 35.5. The van der Waals surface area contributed by atoms with Crippen LogP contribution in [-0.2, 0) is 29.1 Å². The van der Waals surface area contributed by atoms with E-state index in [9.17, 15) is 22.8 Å². The van der Waals surface area contributed by atoms with Crippen molar-refractivity contribution in [1.82, 2.24) is 4.31 Å². The maximum absolute atomic E-state index is 12.9. The summed E-state index contributed by atoms with van der Waals surface area (Å²) in [6.07, 6.45) is 0. The molecule has 1 aliphatic heterocycles. The maximum atomic E-state index is 12.9. The minimum atomic E-state index is -3.87. The van der Waals surface area contributed by atoms with Gasteiger partial charge < -0.3 is 20.1 Å². The normalized spacial score (nSPS) is 14.4. The second-order valence-electron chi connectivity index (χ2n) is 7.05. The fourth-order valence-electron chi connectivity index (χ4n) is 3.04. The summed E-state index contributed by atoms with van der Waals surface area (Å²) in [5.41, 5.74) is 0.746. The van der Waals surface area contributed by atoms with E-state index < -0.39 is 28.5 Å². The van der Waals surface area contributed by atoms with Crippen molar-refractivity contribution >= 4 is 50.8 Å². The van der Waals surface area contributed by atoms with Gasteiger partial charge in [0.15, 0.2) is 6.61 Å². The average Bonchev–Trinajstić information content (AvgIpc) is 2.79. The molecule has 0 radical (unpaired) electrons. The second kappa shape index (κ2) is 10.8. The van der Waals surface area contributed by atoms with Crippen molar-refractivity contribution in [2.75, 3.05) is 43.5 Å². The summed E-state index contributed by atoms with van der Waals surface area (Å²) in [5, 5.41) is 5.05. The summed E-state index contributed by atoms with van der Waals surface area (Å²) in [5.74, 6) is -1.72. The van der Waals surface area contributed by atoms with Crippen molar-refractivity contribution < 1.29 is 32.3 Å². The Kier molecular flexibility index (Phi) is 8.03. The Morgan fingerprint density at radius 3 is 2.45 bits per heavy atom. The Morgan fingerprint density at radius 2 is 1.76 bits per heavy atom. The Morgan fingerprint density at radius 1 is 1.06 bits per heavy atom. The van der Waals surface area contributed by atoms with Gasteiger partial charge in [0.25, 0.3) is 5.91 Å². The molecule has 12 heteroatoms. The number of halogens is 1. The van der Waals surface area contributed by atoms with E-state index in [4.69, 9.17) is 21.1 Å². The zero-order valence-corrected chi connectivity index (χ0v) is 19.2. The lowest BCUT2D eigenvalue weighted by Gasteiger charge is -2.26. The Hall–Kier alpha value is -2.99. The number of hydrogen-bond acceptors (Lipinski definition) is 7. The number of ether oxygens (including phenoxy) is 2. The molecule has 1 aliphatic rings. The number of nitrogens with zero attached hydrogens (tertiary/aromatic N) is 1. The fraction of sp³-hybridized carbons (Fsp3) is 0.286. The van der Waals surface area contributed by atoms with E-state index in [1.54, 1.807) is 12.1 Å². The summed E-state index contributed by atoms with van der Waals surface area (Å²) in [6, 6.07) is 10.1. The zero-order valence-electron chi connectivity index (χ0n) is 17.7. The number of morpholine rings is 1. The van der Waals surface area contributed by atoms with Gasteiger partial charge in [-0.15, -0.1) is 0 Å². The van der Waals surface area contributed by atoms with Gasteiger partial charge in [-0.2, -0.15) is 4.31 Å². The van der Waals surface area contributed by atoms with Gasteiger partial charge in [0.2, 0.25) is 15.9 Å². The number of sulfonamides is 1. The molecule has 0 saturated carbocycles. The first-order chi connectivity index (χ1) is 15.7.